The van der Waals surface area contributed by atoms with Gasteiger partial charge in [0.2, 0.25) is 0 Å². The van der Waals surface area contributed by atoms with Crippen LogP contribution in [0.2, 0.25) is 5.04 Å². The van der Waals surface area contributed by atoms with E-state index in [4.69, 9.17) is 18.6 Å². The van der Waals surface area contributed by atoms with Crippen LogP contribution in [0.5, 0.6) is 0 Å². The Morgan fingerprint density at radius 1 is 0.878 bits per heavy atom. The Morgan fingerprint density at radius 2 is 1.45 bits per heavy atom. The summed E-state index contributed by atoms with van der Waals surface area (Å²) >= 11 is 1.62. The molecule has 3 aromatic rings. The maximum absolute atomic E-state index is 13.3. The SMILES string of the molecule is C/C=C(/C)[C@H]1C/C=C(/C)[C@@H](O[Si](c2ccccc2)(c2ccccc2)C(C)(C)C)[C@H](OCc2ccccc2)C(OCSC)C/C=C(/C)C(=O)O1. The van der Waals surface area contributed by atoms with Crippen molar-refractivity contribution in [3.8, 4) is 0 Å². The maximum Gasteiger partial charge on any atom is 0.333 e. The summed E-state index contributed by atoms with van der Waals surface area (Å²) in [6.45, 7) is 15.2. The molecule has 1 aliphatic rings. The van der Waals surface area contributed by atoms with Crippen molar-refractivity contribution in [3.05, 3.63) is 132 Å². The van der Waals surface area contributed by atoms with Crippen molar-refractivity contribution in [2.24, 2.45) is 0 Å². The van der Waals surface area contributed by atoms with Crippen molar-refractivity contribution in [2.75, 3.05) is 12.2 Å². The first-order valence-corrected chi connectivity index (χ1v) is 20.5. The second-order valence-electron chi connectivity index (χ2n) is 13.8. The van der Waals surface area contributed by atoms with Gasteiger partial charge in [0.05, 0.1) is 24.8 Å². The number of carbonyl (C=O) groups excluding carboxylic acids is 1. The summed E-state index contributed by atoms with van der Waals surface area (Å²) in [5.41, 5.74) is 3.65. The third-order valence-corrected chi connectivity index (χ3v) is 14.7. The van der Waals surface area contributed by atoms with Crippen molar-refractivity contribution >= 4 is 36.4 Å². The van der Waals surface area contributed by atoms with E-state index in [0.29, 0.717) is 31.0 Å². The highest BCUT2D eigenvalue weighted by Crippen LogP contribution is 2.40. The lowest BCUT2D eigenvalue weighted by molar-refractivity contribution is -0.142. The van der Waals surface area contributed by atoms with Crippen LogP contribution in [-0.2, 0) is 30.0 Å². The fourth-order valence-electron chi connectivity index (χ4n) is 6.43. The zero-order valence-corrected chi connectivity index (χ0v) is 32.3. The van der Waals surface area contributed by atoms with Crippen LogP contribution in [-0.4, -0.2) is 50.9 Å². The van der Waals surface area contributed by atoms with Gasteiger partial charge in [-0.25, -0.2) is 4.79 Å². The van der Waals surface area contributed by atoms with Crippen molar-refractivity contribution in [1.82, 2.24) is 0 Å². The lowest BCUT2D eigenvalue weighted by Gasteiger charge is -2.47. The molecular formula is C42H54O5SSi. The molecule has 1 unspecified atom stereocenters. The second-order valence-corrected chi connectivity index (χ2v) is 18.9. The number of esters is 1. The molecule has 262 valence electrons. The fraction of sp³-hybridized carbons (Fsp3) is 0.405. The van der Waals surface area contributed by atoms with E-state index >= 15 is 0 Å². The van der Waals surface area contributed by atoms with Crippen LogP contribution in [0.3, 0.4) is 0 Å². The molecule has 1 aliphatic heterocycles. The van der Waals surface area contributed by atoms with Gasteiger partial charge >= 0.3 is 5.97 Å². The highest BCUT2D eigenvalue weighted by Gasteiger charge is 2.53. The van der Waals surface area contributed by atoms with Crippen LogP contribution in [0.25, 0.3) is 0 Å². The highest BCUT2D eigenvalue weighted by molar-refractivity contribution is 7.98. The largest absolute Gasteiger partial charge is 0.454 e. The van der Waals surface area contributed by atoms with Crippen molar-refractivity contribution in [2.45, 2.75) is 97.4 Å². The number of rotatable bonds is 11. The molecule has 4 rings (SSSR count). The standard InChI is InChI=1S/C42H54O5SSi/c1-9-31(2)37-27-25-32(3)39(47-49(42(5,6)7,35-21-15-11-16-22-35)36-23-17-12-18-24-36)40(44-29-34-19-13-10-14-20-34)38(45-30-48-8)28-26-33(4)41(43)46-37/h9-26,37-40H,27-30H2,1-8H3/b31-9-,32-25-,33-26-/t37-,38?,39-,40-/m1/s1. The van der Waals surface area contributed by atoms with Crippen LogP contribution in [0, 0.1) is 0 Å². The van der Waals surface area contributed by atoms with Gasteiger partial charge in [-0.1, -0.05) is 130 Å². The fourth-order valence-corrected chi connectivity index (χ4v) is 11.5. The minimum absolute atomic E-state index is 0.255. The second kappa shape index (κ2) is 18.2. The molecule has 0 N–H and O–H groups in total. The first-order chi connectivity index (χ1) is 23.5. The Bertz CT molecular complexity index is 1520. The van der Waals surface area contributed by atoms with Crippen LogP contribution in [0.1, 0.15) is 66.9 Å². The van der Waals surface area contributed by atoms with E-state index < -0.39 is 32.7 Å². The van der Waals surface area contributed by atoms with E-state index in [1.165, 1.54) is 10.4 Å². The minimum atomic E-state index is -3.04. The Kier molecular flexibility index (Phi) is 14.3. The van der Waals surface area contributed by atoms with Gasteiger partial charge in [-0.05, 0) is 72.5 Å². The van der Waals surface area contributed by atoms with Crippen LogP contribution < -0.4 is 10.4 Å². The molecule has 5 nitrogen and oxygen atoms in total. The highest BCUT2D eigenvalue weighted by atomic mass is 32.2. The van der Waals surface area contributed by atoms with Gasteiger partial charge in [0.1, 0.15) is 12.2 Å². The lowest BCUT2D eigenvalue weighted by Crippen LogP contribution is -2.69. The van der Waals surface area contributed by atoms with Crippen molar-refractivity contribution in [1.29, 1.82) is 0 Å². The maximum atomic E-state index is 13.3. The van der Waals surface area contributed by atoms with Crippen molar-refractivity contribution < 1.29 is 23.4 Å². The molecule has 0 bridgehead atoms. The van der Waals surface area contributed by atoms with Gasteiger partial charge in [-0.15, -0.1) is 11.8 Å². The molecule has 0 fully saturated rings. The summed E-state index contributed by atoms with van der Waals surface area (Å²) < 4.78 is 27.7. The zero-order valence-electron chi connectivity index (χ0n) is 30.5. The van der Waals surface area contributed by atoms with E-state index in [-0.39, 0.29) is 11.0 Å². The van der Waals surface area contributed by atoms with Gasteiger partial charge in [0, 0.05) is 12.0 Å². The lowest BCUT2D eigenvalue weighted by atomic mass is 9.96. The first kappa shape index (κ1) is 38.6. The minimum Gasteiger partial charge on any atom is -0.454 e. The summed E-state index contributed by atoms with van der Waals surface area (Å²) in [4.78, 5) is 13.3. The molecule has 3 aromatic carbocycles. The van der Waals surface area contributed by atoms with Crippen LogP contribution in [0.15, 0.2) is 126 Å². The average Bonchev–Trinajstić information content (AvgIpc) is 3.11. The topological polar surface area (TPSA) is 54.0 Å². The number of carbonyl (C=O) groups is 1. The number of allylic oxidation sites excluding steroid dienone is 1. The van der Waals surface area contributed by atoms with E-state index in [2.05, 4.69) is 107 Å². The number of hydrogen-bond acceptors (Lipinski definition) is 6. The summed E-state index contributed by atoms with van der Waals surface area (Å²) in [5, 5.41) is 2.14. The molecule has 0 saturated heterocycles. The van der Waals surface area contributed by atoms with Crippen LogP contribution >= 0.6 is 11.8 Å². The number of cyclic esters (lactones) is 1. The van der Waals surface area contributed by atoms with Crippen LogP contribution in [0.4, 0.5) is 0 Å². The Hall–Kier alpha value is -3.20. The van der Waals surface area contributed by atoms with Gasteiger partial charge in [-0.2, -0.15) is 0 Å². The molecular weight excluding hydrogens is 645 g/mol. The Morgan fingerprint density at radius 3 is 1.98 bits per heavy atom. The average molecular weight is 699 g/mol. The molecule has 49 heavy (non-hydrogen) atoms. The summed E-state index contributed by atoms with van der Waals surface area (Å²) in [6.07, 6.45) is 7.37. The Balaban J connectivity index is 1.98. The van der Waals surface area contributed by atoms with E-state index in [1.807, 2.05) is 57.4 Å². The third kappa shape index (κ3) is 9.74. The van der Waals surface area contributed by atoms with E-state index in [0.717, 1.165) is 16.7 Å². The molecule has 0 spiro atoms. The monoisotopic (exact) mass is 698 g/mol. The third-order valence-electron chi connectivity index (χ3n) is 9.36. The smallest absolute Gasteiger partial charge is 0.333 e. The molecule has 1 heterocycles. The van der Waals surface area contributed by atoms with Crippen molar-refractivity contribution in [3.63, 3.8) is 0 Å². The van der Waals surface area contributed by atoms with Gasteiger partial charge in [-0.3, -0.25) is 0 Å². The quantitative estimate of drug-likeness (QED) is 0.0864. The normalized spacial score (nSPS) is 23.7. The van der Waals surface area contributed by atoms with E-state index in [9.17, 15) is 4.79 Å². The summed E-state index contributed by atoms with van der Waals surface area (Å²) in [6, 6.07) is 31.7. The molecule has 4 atom stereocenters. The van der Waals surface area contributed by atoms with Gasteiger partial charge < -0.3 is 18.6 Å². The predicted molar refractivity (Wildman–Crippen MR) is 207 cm³/mol. The zero-order chi connectivity index (χ0) is 35.4. The summed E-state index contributed by atoms with van der Waals surface area (Å²) in [7, 11) is -3.04. The molecule has 0 aromatic heterocycles. The Labute approximate surface area is 299 Å². The van der Waals surface area contributed by atoms with Gasteiger partial charge in [0.15, 0.2) is 0 Å². The molecule has 0 radical (unpaired) electrons. The molecule has 7 heteroatoms. The number of benzene rings is 3. The first-order valence-electron chi connectivity index (χ1n) is 17.2. The number of hydrogen-bond donors (Lipinski definition) is 0. The molecule has 0 aliphatic carbocycles. The molecule has 0 amide bonds. The summed E-state index contributed by atoms with van der Waals surface area (Å²) in [5.74, 6) is 0.160. The molecule has 0 saturated carbocycles. The predicted octanol–water partition coefficient (Wildman–Crippen LogP) is 8.79. The number of thioether (sulfide) groups is 1. The van der Waals surface area contributed by atoms with E-state index in [1.54, 1.807) is 11.8 Å². The number of ether oxygens (including phenoxy) is 3. The van der Waals surface area contributed by atoms with Gasteiger partial charge in [0.25, 0.3) is 8.32 Å².